The molecule has 2 heterocycles. The molecule has 3 N–H and O–H groups in total. The zero-order chi connectivity index (χ0) is 18.2. The Bertz CT molecular complexity index is 745. The van der Waals surface area contributed by atoms with Gasteiger partial charge in [0.2, 0.25) is 5.91 Å². The van der Waals surface area contributed by atoms with E-state index in [0.29, 0.717) is 30.9 Å². The fraction of sp³-hybridized carbons (Fsp3) is 0.316. The molecule has 1 aromatic heterocycles. The average molecular weight is 354 g/mol. The van der Waals surface area contributed by atoms with Crippen molar-refractivity contribution in [2.45, 2.75) is 19.1 Å². The van der Waals surface area contributed by atoms with Crippen molar-refractivity contribution in [1.29, 1.82) is 0 Å². The molecule has 7 heteroatoms. The molecule has 7 nitrogen and oxygen atoms in total. The zero-order valence-corrected chi connectivity index (χ0v) is 14.4. The van der Waals surface area contributed by atoms with Crippen LogP contribution in [0.25, 0.3) is 0 Å². The van der Waals surface area contributed by atoms with E-state index in [1.54, 1.807) is 30.5 Å². The Morgan fingerprint density at radius 1 is 1.19 bits per heavy atom. The van der Waals surface area contributed by atoms with Crippen LogP contribution in [0.2, 0.25) is 0 Å². The van der Waals surface area contributed by atoms with Crippen LogP contribution < -0.4 is 16.0 Å². The number of para-hydroxylation sites is 1. The monoisotopic (exact) mass is 354 g/mol. The SMILES string of the molecule is O=C(C[C@H]1CNCCO1)Nc1ccccc1C(=O)NCc1ccccn1. The summed E-state index contributed by atoms with van der Waals surface area (Å²) in [6.07, 6.45) is 1.78. The second-order valence-electron chi connectivity index (χ2n) is 6.00. The smallest absolute Gasteiger partial charge is 0.253 e. The number of nitrogens with zero attached hydrogens (tertiary/aromatic N) is 1. The van der Waals surface area contributed by atoms with Gasteiger partial charge >= 0.3 is 0 Å². The molecule has 0 saturated carbocycles. The molecule has 1 aromatic carbocycles. The van der Waals surface area contributed by atoms with Crippen molar-refractivity contribution in [2.75, 3.05) is 25.0 Å². The molecule has 2 amide bonds. The lowest BCUT2D eigenvalue weighted by molar-refractivity contribution is -0.119. The highest BCUT2D eigenvalue weighted by Gasteiger charge is 2.19. The Morgan fingerprint density at radius 3 is 2.81 bits per heavy atom. The molecule has 136 valence electrons. The van der Waals surface area contributed by atoms with Gasteiger partial charge in [0.1, 0.15) is 0 Å². The third kappa shape index (κ3) is 5.11. The lowest BCUT2D eigenvalue weighted by Gasteiger charge is -2.23. The van der Waals surface area contributed by atoms with Gasteiger partial charge in [-0.2, -0.15) is 0 Å². The third-order valence-electron chi connectivity index (χ3n) is 4.02. The number of benzene rings is 1. The average Bonchev–Trinajstić information content (AvgIpc) is 2.68. The molecule has 1 saturated heterocycles. The number of ether oxygens (including phenoxy) is 1. The summed E-state index contributed by atoms with van der Waals surface area (Å²) in [6.45, 7) is 2.38. The van der Waals surface area contributed by atoms with E-state index in [9.17, 15) is 9.59 Å². The summed E-state index contributed by atoms with van der Waals surface area (Å²) in [7, 11) is 0. The maximum atomic E-state index is 12.5. The van der Waals surface area contributed by atoms with Crippen LogP contribution in [-0.2, 0) is 16.1 Å². The molecule has 0 aliphatic carbocycles. The second kappa shape index (κ2) is 9.07. The minimum Gasteiger partial charge on any atom is -0.375 e. The van der Waals surface area contributed by atoms with Crippen molar-refractivity contribution in [3.8, 4) is 0 Å². The van der Waals surface area contributed by atoms with Crippen molar-refractivity contribution < 1.29 is 14.3 Å². The van der Waals surface area contributed by atoms with Gasteiger partial charge in [0.05, 0.1) is 42.6 Å². The van der Waals surface area contributed by atoms with Crippen molar-refractivity contribution in [3.63, 3.8) is 0 Å². The van der Waals surface area contributed by atoms with E-state index in [2.05, 4.69) is 20.9 Å². The highest BCUT2D eigenvalue weighted by Crippen LogP contribution is 2.16. The summed E-state index contributed by atoms with van der Waals surface area (Å²) in [5.74, 6) is -0.439. The van der Waals surface area contributed by atoms with E-state index in [0.717, 1.165) is 12.2 Å². The zero-order valence-electron chi connectivity index (χ0n) is 14.4. The fourth-order valence-corrected chi connectivity index (χ4v) is 2.72. The van der Waals surface area contributed by atoms with Crippen molar-refractivity contribution >= 4 is 17.5 Å². The largest absolute Gasteiger partial charge is 0.375 e. The number of hydrogen-bond acceptors (Lipinski definition) is 5. The lowest BCUT2D eigenvalue weighted by Crippen LogP contribution is -2.40. The van der Waals surface area contributed by atoms with Crippen LogP contribution in [0, 0.1) is 0 Å². The first-order chi connectivity index (χ1) is 12.7. The number of rotatable bonds is 6. The summed E-state index contributed by atoms with van der Waals surface area (Å²) in [6, 6.07) is 12.5. The van der Waals surface area contributed by atoms with E-state index in [-0.39, 0.29) is 24.3 Å². The van der Waals surface area contributed by atoms with Gasteiger partial charge in [-0.25, -0.2) is 0 Å². The number of morpholine rings is 1. The minimum atomic E-state index is -0.262. The summed E-state index contributed by atoms with van der Waals surface area (Å²) in [5, 5.41) is 8.83. The van der Waals surface area contributed by atoms with Gasteiger partial charge in [-0.3, -0.25) is 14.6 Å². The Hall–Kier alpha value is -2.77. The molecule has 0 radical (unpaired) electrons. The third-order valence-corrected chi connectivity index (χ3v) is 4.02. The number of hydrogen-bond donors (Lipinski definition) is 3. The first-order valence-electron chi connectivity index (χ1n) is 8.61. The van der Waals surface area contributed by atoms with E-state index in [1.807, 2.05) is 18.2 Å². The summed E-state index contributed by atoms with van der Waals surface area (Å²) in [5.41, 5.74) is 1.67. The molecule has 0 spiro atoms. The van der Waals surface area contributed by atoms with Crippen LogP contribution in [0.5, 0.6) is 0 Å². The van der Waals surface area contributed by atoms with E-state index >= 15 is 0 Å². The van der Waals surface area contributed by atoms with Crippen LogP contribution in [0.3, 0.4) is 0 Å². The van der Waals surface area contributed by atoms with E-state index in [1.165, 1.54) is 0 Å². The quantitative estimate of drug-likeness (QED) is 0.728. The summed E-state index contributed by atoms with van der Waals surface area (Å²) >= 11 is 0. The summed E-state index contributed by atoms with van der Waals surface area (Å²) < 4.78 is 5.54. The minimum absolute atomic E-state index is 0.145. The Balaban J connectivity index is 1.59. The first kappa shape index (κ1) is 18.0. The van der Waals surface area contributed by atoms with Gasteiger partial charge in [0, 0.05) is 19.3 Å². The van der Waals surface area contributed by atoms with Crippen molar-refractivity contribution in [3.05, 3.63) is 59.9 Å². The van der Waals surface area contributed by atoms with Crippen molar-refractivity contribution in [2.24, 2.45) is 0 Å². The van der Waals surface area contributed by atoms with Crippen molar-refractivity contribution in [1.82, 2.24) is 15.6 Å². The maximum Gasteiger partial charge on any atom is 0.253 e. The van der Waals surface area contributed by atoms with Gasteiger partial charge in [-0.1, -0.05) is 18.2 Å². The molecular formula is C19H22N4O3. The number of amides is 2. The highest BCUT2D eigenvalue weighted by molar-refractivity contribution is 6.03. The number of aromatic nitrogens is 1. The van der Waals surface area contributed by atoms with Gasteiger partial charge in [-0.15, -0.1) is 0 Å². The molecule has 2 aromatic rings. The van der Waals surface area contributed by atoms with E-state index < -0.39 is 0 Å². The molecule has 1 aliphatic rings. The van der Waals surface area contributed by atoms with Crippen LogP contribution in [-0.4, -0.2) is 42.6 Å². The van der Waals surface area contributed by atoms with E-state index in [4.69, 9.17) is 4.74 Å². The number of nitrogens with one attached hydrogen (secondary N) is 3. The summed E-state index contributed by atoms with van der Waals surface area (Å²) in [4.78, 5) is 28.9. The predicted octanol–water partition coefficient (Wildman–Crippen LogP) is 1.33. The lowest BCUT2D eigenvalue weighted by atomic mass is 10.1. The second-order valence-corrected chi connectivity index (χ2v) is 6.00. The topological polar surface area (TPSA) is 92.4 Å². The Morgan fingerprint density at radius 2 is 2.04 bits per heavy atom. The molecule has 1 atom stereocenters. The number of carbonyl (C=O) groups is 2. The Kier molecular flexibility index (Phi) is 6.29. The normalized spacial score (nSPS) is 16.7. The van der Waals surface area contributed by atoms with Gasteiger partial charge < -0.3 is 20.7 Å². The Labute approximate surface area is 152 Å². The first-order valence-corrected chi connectivity index (χ1v) is 8.61. The van der Waals surface area contributed by atoms with Crippen LogP contribution >= 0.6 is 0 Å². The fourth-order valence-electron chi connectivity index (χ4n) is 2.72. The molecule has 1 aliphatic heterocycles. The number of anilines is 1. The van der Waals surface area contributed by atoms with Crippen LogP contribution in [0.1, 0.15) is 22.5 Å². The van der Waals surface area contributed by atoms with Gasteiger partial charge in [0.15, 0.2) is 0 Å². The highest BCUT2D eigenvalue weighted by atomic mass is 16.5. The maximum absolute atomic E-state index is 12.5. The molecule has 26 heavy (non-hydrogen) atoms. The number of carbonyl (C=O) groups excluding carboxylic acids is 2. The molecule has 0 unspecified atom stereocenters. The molecular weight excluding hydrogens is 332 g/mol. The standard InChI is InChI=1S/C19H22N4O3/c24-18(11-15-13-20-9-10-26-15)23-17-7-2-1-6-16(17)19(25)22-12-14-5-3-4-8-21-14/h1-8,15,20H,9-13H2,(H,22,25)(H,23,24)/t15-/m0/s1. The molecule has 0 bridgehead atoms. The van der Waals surface area contributed by atoms with Crippen LogP contribution in [0.4, 0.5) is 5.69 Å². The van der Waals surface area contributed by atoms with Crippen LogP contribution in [0.15, 0.2) is 48.7 Å². The number of pyridine rings is 1. The molecule has 1 fully saturated rings. The molecule has 3 rings (SSSR count). The van der Waals surface area contributed by atoms with Gasteiger partial charge in [-0.05, 0) is 24.3 Å². The predicted molar refractivity (Wildman–Crippen MR) is 97.7 cm³/mol. The van der Waals surface area contributed by atoms with Gasteiger partial charge in [0.25, 0.3) is 5.91 Å².